The average Bonchev–Trinajstić information content (AvgIpc) is 2.95. The molecular formula is C16H19N3O3. The van der Waals surface area contributed by atoms with Crippen LogP contribution < -0.4 is 0 Å². The van der Waals surface area contributed by atoms with Crippen LogP contribution in [0.1, 0.15) is 30.1 Å². The maximum Gasteiger partial charge on any atom is 0.241 e. The van der Waals surface area contributed by atoms with Crippen molar-refractivity contribution in [3.8, 4) is 11.4 Å². The van der Waals surface area contributed by atoms with Crippen LogP contribution in [0.25, 0.3) is 11.4 Å². The summed E-state index contributed by atoms with van der Waals surface area (Å²) < 4.78 is 11.0. The molecule has 0 spiro atoms. The molecule has 1 aliphatic rings. The number of nitrogens with zero attached hydrogens (tertiary/aromatic N) is 3. The van der Waals surface area contributed by atoms with E-state index in [1.165, 1.54) is 0 Å². The van der Waals surface area contributed by atoms with E-state index in [0.717, 1.165) is 24.9 Å². The highest BCUT2D eigenvalue weighted by Gasteiger charge is 2.23. The Morgan fingerprint density at radius 2 is 1.91 bits per heavy atom. The van der Waals surface area contributed by atoms with Crippen LogP contribution in [-0.2, 0) is 11.3 Å². The van der Waals surface area contributed by atoms with E-state index in [1.54, 1.807) is 12.1 Å². The molecule has 1 aromatic heterocycles. The minimum absolute atomic E-state index is 0.210. The Bertz CT molecular complexity index is 628. The average molecular weight is 301 g/mol. The molecule has 6 heteroatoms. The standard InChI is InChI=1S/C16H19N3O3/c1-11-7-19(8-12(2)21-11)9-15-17-16(18-22-15)14-5-3-13(10-20)4-6-14/h3-6,10-12H,7-9H2,1-2H3/t11-,12+. The van der Waals surface area contributed by atoms with Crippen molar-refractivity contribution in [1.29, 1.82) is 0 Å². The molecule has 0 bridgehead atoms. The SMILES string of the molecule is C[C@@H]1CN(Cc2nc(-c3ccc(C=O)cc3)no2)C[C@H](C)O1. The number of hydrogen-bond acceptors (Lipinski definition) is 6. The van der Waals surface area contributed by atoms with Gasteiger partial charge in [-0.25, -0.2) is 0 Å². The zero-order valence-corrected chi connectivity index (χ0v) is 12.7. The molecule has 3 rings (SSSR count). The van der Waals surface area contributed by atoms with E-state index in [0.29, 0.717) is 23.8 Å². The summed E-state index contributed by atoms with van der Waals surface area (Å²) in [5.74, 6) is 1.14. The fraction of sp³-hybridized carbons (Fsp3) is 0.438. The molecule has 0 amide bonds. The van der Waals surface area contributed by atoms with Crippen LogP contribution in [0.15, 0.2) is 28.8 Å². The lowest BCUT2D eigenvalue weighted by Gasteiger charge is -2.34. The molecule has 2 aromatic rings. The van der Waals surface area contributed by atoms with E-state index in [1.807, 2.05) is 12.1 Å². The summed E-state index contributed by atoms with van der Waals surface area (Å²) in [6.07, 6.45) is 1.23. The summed E-state index contributed by atoms with van der Waals surface area (Å²) in [5.41, 5.74) is 1.47. The second-order valence-electron chi connectivity index (χ2n) is 5.70. The van der Waals surface area contributed by atoms with Gasteiger partial charge in [-0.1, -0.05) is 29.4 Å². The highest BCUT2D eigenvalue weighted by atomic mass is 16.5. The van der Waals surface area contributed by atoms with Crippen molar-refractivity contribution in [2.45, 2.75) is 32.6 Å². The molecule has 0 aliphatic carbocycles. The van der Waals surface area contributed by atoms with Crippen molar-refractivity contribution < 1.29 is 14.1 Å². The van der Waals surface area contributed by atoms with Crippen LogP contribution in [-0.4, -0.2) is 46.6 Å². The Hall–Kier alpha value is -2.05. The number of aldehydes is 1. The first-order chi connectivity index (χ1) is 10.6. The summed E-state index contributed by atoms with van der Waals surface area (Å²) in [4.78, 5) is 17.4. The zero-order valence-electron chi connectivity index (χ0n) is 12.7. The lowest BCUT2D eigenvalue weighted by atomic mass is 10.1. The van der Waals surface area contributed by atoms with Crippen LogP contribution in [0.4, 0.5) is 0 Å². The molecule has 0 N–H and O–H groups in total. The predicted octanol–water partition coefficient (Wildman–Crippen LogP) is 2.16. The fourth-order valence-corrected chi connectivity index (χ4v) is 2.75. The number of morpholine rings is 1. The molecule has 6 nitrogen and oxygen atoms in total. The van der Waals surface area contributed by atoms with E-state index >= 15 is 0 Å². The van der Waals surface area contributed by atoms with Gasteiger partial charge in [0.25, 0.3) is 0 Å². The van der Waals surface area contributed by atoms with Crippen LogP contribution >= 0.6 is 0 Å². The van der Waals surface area contributed by atoms with Gasteiger partial charge in [-0.15, -0.1) is 0 Å². The Morgan fingerprint density at radius 1 is 1.23 bits per heavy atom. The third-order valence-electron chi connectivity index (χ3n) is 3.63. The van der Waals surface area contributed by atoms with Crippen molar-refractivity contribution in [3.05, 3.63) is 35.7 Å². The molecule has 1 saturated heterocycles. The quantitative estimate of drug-likeness (QED) is 0.806. The summed E-state index contributed by atoms with van der Waals surface area (Å²) >= 11 is 0. The van der Waals surface area contributed by atoms with E-state index in [-0.39, 0.29) is 12.2 Å². The van der Waals surface area contributed by atoms with Gasteiger partial charge >= 0.3 is 0 Å². The summed E-state index contributed by atoms with van der Waals surface area (Å²) in [6.45, 7) is 6.47. The largest absolute Gasteiger partial charge is 0.373 e. The lowest BCUT2D eigenvalue weighted by molar-refractivity contribution is -0.0725. The van der Waals surface area contributed by atoms with Gasteiger partial charge in [-0.2, -0.15) is 4.98 Å². The number of ether oxygens (including phenoxy) is 1. The van der Waals surface area contributed by atoms with Crippen LogP contribution in [0, 0.1) is 0 Å². The van der Waals surface area contributed by atoms with Gasteiger partial charge in [0, 0.05) is 24.2 Å². The number of carbonyl (C=O) groups excluding carboxylic acids is 1. The van der Waals surface area contributed by atoms with Crippen LogP contribution in [0.5, 0.6) is 0 Å². The molecule has 0 radical (unpaired) electrons. The Kier molecular flexibility index (Phi) is 4.31. The Morgan fingerprint density at radius 3 is 2.55 bits per heavy atom. The third-order valence-corrected chi connectivity index (χ3v) is 3.63. The van der Waals surface area contributed by atoms with Crippen LogP contribution in [0.2, 0.25) is 0 Å². The maximum atomic E-state index is 10.7. The smallest absolute Gasteiger partial charge is 0.241 e. The van der Waals surface area contributed by atoms with Crippen molar-refractivity contribution in [3.63, 3.8) is 0 Å². The molecular weight excluding hydrogens is 282 g/mol. The number of carbonyl (C=O) groups is 1. The van der Waals surface area contributed by atoms with Crippen molar-refractivity contribution in [2.75, 3.05) is 13.1 Å². The van der Waals surface area contributed by atoms with Gasteiger partial charge in [0.15, 0.2) is 0 Å². The van der Waals surface area contributed by atoms with Gasteiger partial charge in [0.1, 0.15) is 6.29 Å². The van der Waals surface area contributed by atoms with E-state index in [4.69, 9.17) is 9.26 Å². The summed E-state index contributed by atoms with van der Waals surface area (Å²) in [7, 11) is 0. The van der Waals surface area contributed by atoms with Crippen LogP contribution in [0.3, 0.4) is 0 Å². The molecule has 1 fully saturated rings. The first-order valence-electron chi connectivity index (χ1n) is 7.40. The fourth-order valence-electron chi connectivity index (χ4n) is 2.75. The van der Waals surface area contributed by atoms with E-state index < -0.39 is 0 Å². The first kappa shape index (κ1) is 14.9. The van der Waals surface area contributed by atoms with Gasteiger partial charge in [-0.3, -0.25) is 9.69 Å². The summed E-state index contributed by atoms with van der Waals surface area (Å²) in [5, 5.41) is 4.01. The predicted molar refractivity (Wildman–Crippen MR) is 80.4 cm³/mol. The molecule has 1 aliphatic heterocycles. The second-order valence-corrected chi connectivity index (χ2v) is 5.70. The maximum absolute atomic E-state index is 10.7. The number of aromatic nitrogens is 2. The van der Waals surface area contributed by atoms with Crippen molar-refractivity contribution >= 4 is 6.29 Å². The number of hydrogen-bond donors (Lipinski definition) is 0. The molecule has 0 saturated carbocycles. The topological polar surface area (TPSA) is 68.5 Å². The minimum Gasteiger partial charge on any atom is -0.373 e. The lowest BCUT2D eigenvalue weighted by Crippen LogP contribution is -2.44. The molecule has 2 atom stereocenters. The molecule has 1 aromatic carbocycles. The van der Waals surface area contributed by atoms with E-state index in [2.05, 4.69) is 28.9 Å². The Balaban J connectivity index is 1.69. The second kappa shape index (κ2) is 6.37. The molecule has 0 unspecified atom stereocenters. The highest BCUT2D eigenvalue weighted by Crippen LogP contribution is 2.18. The first-order valence-corrected chi connectivity index (χ1v) is 7.40. The molecule has 116 valence electrons. The zero-order chi connectivity index (χ0) is 15.5. The molecule has 2 heterocycles. The highest BCUT2D eigenvalue weighted by molar-refractivity contribution is 5.76. The minimum atomic E-state index is 0.210. The van der Waals surface area contributed by atoms with E-state index in [9.17, 15) is 4.79 Å². The van der Waals surface area contributed by atoms with Gasteiger partial charge in [0.2, 0.25) is 11.7 Å². The normalized spacial score (nSPS) is 22.6. The van der Waals surface area contributed by atoms with Gasteiger partial charge in [0.05, 0.1) is 18.8 Å². The molecule has 22 heavy (non-hydrogen) atoms. The van der Waals surface area contributed by atoms with Gasteiger partial charge in [-0.05, 0) is 13.8 Å². The van der Waals surface area contributed by atoms with Gasteiger partial charge < -0.3 is 9.26 Å². The summed E-state index contributed by atoms with van der Waals surface area (Å²) in [6, 6.07) is 7.11. The monoisotopic (exact) mass is 301 g/mol. The van der Waals surface area contributed by atoms with Crippen molar-refractivity contribution in [2.24, 2.45) is 0 Å². The van der Waals surface area contributed by atoms with Crippen molar-refractivity contribution in [1.82, 2.24) is 15.0 Å². The number of rotatable bonds is 4. The Labute approximate surface area is 129 Å². The third kappa shape index (κ3) is 3.40. The number of benzene rings is 1.